The number of rotatable bonds is 6. The van der Waals surface area contributed by atoms with Gasteiger partial charge in [-0.15, -0.1) is 0 Å². The molecule has 0 spiro atoms. The Morgan fingerprint density at radius 1 is 1.00 bits per heavy atom. The van der Waals surface area contributed by atoms with Crippen LogP contribution in [-0.2, 0) is 9.59 Å². The topological polar surface area (TPSA) is 76.1 Å². The lowest BCUT2D eigenvalue weighted by Crippen LogP contribution is -2.32. The largest absolute Gasteiger partial charge is 0.503 e. The number of carbonyl (C=O) groups excluding carboxylic acids is 2. The van der Waals surface area contributed by atoms with Crippen LogP contribution in [0.3, 0.4) is 0 Å². The fourth-order valence-corrected chi connectivity index (χ4v) is 3.57. The number of anilines is 1. The lowest BCUT2D eigenvalue weighted by molar-refractivity contribution is -0.123. The second kappa shape index (κ2) is 8.46. The summed E-state index contributed by atoms with van der Waals surface area (Å²) in [6.07, 6.45) is 0.0213. The number of aliphatic hydroxyl groups excluding tert-OH is 1. The number of carbonyl (C=O) groups is 2. The fourth-order valence-electron chi connectivity index (χ4n) is 3.57. The van der Waals surface area contributed by atoms with Gasteiger partial charge >= 0.3 is 0 Å². The maximum Gasteiger partial charge on any atom is 0.294 e. The summed E-state index contributed by atoms with van der Waals surface area (Å²) in [5.41, 5.74) is 0.600. The van der Waals surface area contributed by atoms with Crippen molar-refractivity contribution in [2.24, 2.45) is 5.41 Å². The average molecular weight is 424 g/mol. The van der Waals surface area contributed by atoms with Crippen LogP contribution >= 0.6 is 0 Å². The van der Waals surface area contributed by atoms with Crippen LogP contribution in [0.15, 0.2) is 59.9 Å². The summed E-state index contributed by atoms with van der Waals surface area (Å²) in [6.45, 7) is 9.18. The van der Waals surface area contributed by atoms with Gasteiger partial charge in [0.05, 0.1) is 24.8 Å². The van der Waals surface area contributed by atoms with Crippen molar-refractivity contribution in [2.75, 3.05) is 12.0 Å². The average Bonchev–Trinajstić information content (AvgIpc) is 2.98. The summed E-state index contributed by atoms with van der Waals surface area (Å²) in [7, 11) is 1.57. The maximum atomic E-state index is 13.2. The van der Waals surface area contributed by atoms with Gasteiger partial charge in [-0.25, -0.2) is 0 Å². The quantitative estimate of drug-likeness (QED) is 0.708. The molecule has 0 aliphatic carbocycles. The minimum absolute atomic E-state index is 0.0213. The monoisotopic (exact) mass is 423 g/mol. The van der Waals surface area contributed by atoms with Crippen molar-refractivity contribution in [3.8, 4) is 11.5 Å². The summed E-state index contributed by atoms with van der Waals surface area (Å²) >= 11 is 0. The normalized spacial score (nSPS) is 16.8. The zero-order valence-electron chi connectivity index (χ0n) is 18.8. The second-order valence-corrected chi connectivity index (χ2v) is 8.85. The molecule has 1 amide bonds. The molecule has 0 aromatic heterocycles. The first-order valence-electron chi connectivity index (χ1n) is 10.3. The lowest BCUT2D eigenvalue weighted by atomic mass is 9.82. The van der Waals surface area contributed by atoms with Gasteiger partial charge in [0.1, 0.15) is 11.5 Å². The van der Waals surface area contributed by atoms with E-state index in [1.54, 1.807) is 76.4 Å². The van der Waals surface area contributed by atoms with Crippen molar-refractivity contribution >= 4 is 17.4 Å². The third-order valence-corrected chi connectivity index (χ3v) is 5.05. The first-order chi connectivity index (χ1) is 14.5. The summed E-state index contributed by atoms with van der Waals surface area (Å²) in [6, 6.07) is 13.4. The smallest absolute Gasteiger partial charge is 0.294 e. The SMILES string of the molecule is COc1ccc(C2C(C(=O)C(C)(C)C)=C(O)C(=O)N2c2ccc(OC(C)C)cc2)cc1. The van der Waals surface area contributed by atoms with Gasteiger partial charge in [-0.05, 0) is 55.8 Å². The van der Waals surface area contributed by atoms with E-state index in [0.717, 1.165) is 0 Å². The van der Waals surface area contributed by atoms with Crippen molar-refractivity contribution in [2.45, 2.75) is 46.8 Å². The molecule has 0 bridgehead atoms. The van der Waals surface area contributed by atoms with E-state index < -0.39 is 23.1 Å². The Bertz CT molecular complexity index is 998. The molecule has 6 nitrogen and oxygen atoms in total. The number of methoxy groups -OCH3 is 1. The molecule has 2 aromatic carbocycles. The summed E-state index contributed by atoms with van der Waals surface area (Å²) < 4.78 is 10.9. The minimum atomic E-state index is -0.765. The Morgan fingerprint density at radius 3 is 2.03 bits per heavy atom. The number of benzene rings is 2. The first-order valence-corrected chi connectivity index (χ1v) is 10.3. The van der Waals surface area contributed by atoms with Crippen molar-refractivity contribution in [1.82, 2.24) is 0 Å². The Labute approximate surface area is 183 Å². The standard InChI is InChI=1S/C25H29NO5/c1-15(2)31-19-13-9-17(10-14-19)26-21(16-7-11-18(30-6)12-8-16)20(22(27)24(26)29)23(28)25(3,4)5/h7-15,21,27H,1-6H3. The van der Waals surface area contributed by atoms with Crippen LogP contribution in [0, 0.1) is 5.41 Å². The highest BCUT2D eigenvalue weighted by Gasteiger charge is 2.46. The molecule has 0 fully saturated rings. The van der Waals surface area contributed by atoms with E-state index in [-0.39, 0.29) is 17.5 Å². The number of hydrogen-bond donors (Lipinski definition) is 1. The van der Waals surface area contributed by atoms with Gasteiger partial charge in [-0.2, -0.15) is 0 Å². The molecule has 1 unspecified atom stereocenters. The maximum absolute atomic E-state index is 13.2. The molecule has 1 N–H and O–H groups in total. The van der Waals surface area contributed by atoms with Gasteiger partial charge in [0.15, 0.2) is 11.5 Å². The predicted octanol–water partition coefficient (Wildman–Crippen LogP) is 5.00. The summed E-state index contributed by atoms with van der Waals surface area (Å²) in [5, 5.41) is 10.7. The van der Waals surface area contributed by atoms with Crippen molar-refractivity contribution in [3.05, 3.63) is 65.4 Å². The van der Waals surface area contributed by atoms with Gasteiger partial charge in [-0.1, -0.05) is 32.9 Å². The van der Waals surface area contributed by atoms with Gasteiger partial charge in [-0.3, -0.25) is 14.5 Å². The van der Waals surface area contributed by atoms with Gasteiger partial charge in [0, 0.05) is 11.1 Å². The van der Waals surface area contributed by atoms with Crippen LogP contribution in [0.25, 0.3) is 0 Å². The molecule has 0 radical (unpaired) electrons. The number of Topliss-reactive ketones (excluding diaryl/α,β-unsaturated/α-hetero) is 1. The van der Waals surface area contributed by atoms with E-state index in [0.29, 0.717) is 22.7 Å². The Morgan fingerprint density at radius 2 is 1.55 bits per heavy atom. The highest BCUT2D eigenvalue weighted by molar-refractivity contribution is 6.17. The number of aliphatic hydroxyl groups is 1. The van der Waals surface area contributed by atoms with Crippen molar-refractivity contribution < 1.29 is 24.2 Å². The van der Waals surface area contributed by atoms with Crippen LogP contribution in [0.2, 0.25) is 0 Å². The van der Waals surface area contributed by atoms with Gasteiger partial charge in [0.2, 0.25) is 0 Å². The van der Waals surface area contributed by atoms with Crippen LogP contribution in [0.5, 0.6) is 11.5 Å². The summed E-state index contributed by atoms with van der Waals surface area (Å²) in [5.74, 6) is -0.0584. The molecule has 3 rings (SSSR count). The minimum Gasteiger partial charge on any atom is -0.503 e. The third-order valence-electron chi connectivity index (χ3n) is 5.05. The van der Waals surface area contributed by atoms with Crippen LogP contribution in [0.4, 0.5) is 5.69 Å². The van der Waals surface area contributed by atoms with Crippen molar-refractivity contribution in [1.29, 1.82) is 0 Å². The van der Waals surface area contributed by atoms with Crippen molar-refractivity contribution in [3.63, 3.8) is 0 Å². The van der Waals surface area contributed by atoms with Crippen LogP contribution in [-0.4, -0.2) is 30.0 Å². The molecule has 1 atom stereocenters. The zero-order chi connectivity index (χ0) is 22.9. The molecule has 6 heteroatoms. The van der Waals surface area contributed by atoms with Crippen LogP contribution < -0.4 is 14.4 Å². The van der Waals surface area contributed by atoms with E-state index in [4.69, 9.17) is 9.47 Å². The number of amides is 1. The number of hydrogen-bond acceptors (Lipinski definition) is 5. The zero-order valence-corrected chi connectivity index (χ0v) is 18.8. The molecular weight excluding hydrogens is 394 g/mol. The van der Waals surface area contributed by atoms with E-state index in [1.165, 1.54) is 4.90 Å². The highest BCUT2D eigenvalue weighted by atomic mass is 16.5. The molecule has 1 aliphatic rings. The Kier molecular flexibility index (Phi) is 6.11. The molecule has 1 aliphatic heterocycles. The number of nitrogens with zero attached hydrogens (tertiary/aromatic N) is 1. The molecule has 164 valence electrons. The van der Waals surface area contributed by atoms with E-state index >= 15 is 0 Å². The van der Waals surface area contributed by atoms with Crippen LogP contribution in [0.1, 0.15) is 46.2 Å². The second-order valence-electron chi connectivity index (χ2n) is 8.85. The first kappa shape index (κ1) is 22.4. The Balaban J connectivity index is 2.11. The van der Waals surface area contributed by atoms with E-state index in [1.807, 2.05) is 13.8 Å². The molecule has 1 heterocycles. The van der Waals surface area contributed by atoms with Gasteiger partial charge in [0.25, 0.3) is 5.91 Å². The summed E-state index contributed by atoms with van der Waals surface area (Å²) in [4.78, 5) is 27.8. The number of ether oxygens (including phenoxy) is 2. The molecule has 31 heavy (non-hydrogen) atoms. The Hall–Kier alpha value is -3.28. The molecular formula is C25H29NO5. The van der Waals surface area contributed by atoms with E-state index in [9.17, 15) is 14.7 Å². The lowest BCUT2D eigenvalue weighted by Gasteiger charge is -2.29. The third kappa shape index (κ3) is 4.43. The molecule has 0 saturated carbocycles. The molecule has 2 aromatic rings. The van der Waals surface area contributed by atoms with E-state index in [2.05, 4.69) is 0 Å². The highest BCUT2D eigenvalue weighted by Crippen LogP contribution is 2.43. The fraction of sp³-hybridized carbons (Fsp3) is 0.360. The molecule has 0 saturated heterocycles. The number of ketones is 1. The predicted molar refractivity (Wildman–Crippen MR) is 120 cm³/mol. The van der Waals surface area contributed by atoms with Gasteiger partial charge < -0.3 is 14.6 Å².